The molecule has 7 nitrogen and oxygen atoms in total. The average Bonchev–Trinajstić information content (AvgIpc) is 3.03. The first-order chi connectivity index (χ1) is 12.4. The summed E-state index contributed by atoms with van der Waals surface area (Å²) < 4.78 is 6.72. The number of hydrogen-bond acceptors (Lipinski definition) is 6. The topological polar surface area (TPSA) is 73.1 Å². The zero-order valence-electron chi connectivity index (χ0n) is 16.0. The number of rotatable bonds is 5. The zero-order valence-corrected chi connectivity index (χ0v) is 16.0. The van der Waals surface area contributed by atoms with Crippen molar-refractivity contribution in [1.29, 1.82) is 0 Å². The quantitative estimate of drug-likeness (QED) is 0.815. The third kappa shape index (κ3) is 4.27. The Balaban J connectivity index is 1.76. The summed E-state index contributed by atoms with van der Waals surface area (Å²) in [5.74, 6) is 0. The molecule has 0 aromatic carbocycles. The molecule has 7 heteroatoms. The number of methoxy groups -OCH3 is 1. The van der Waals surface area contributed by atoms with Gasteiger partial charge in [0.25, 0.3) is 5.56 Å². The third-order valence-electron chi connectivity index (χ3n) is 4.76. The summed E-state index contributed by atoms with van der Waals surface area (Å²) in [5.41, 5.74) is 1.73. The van der Waals surface area contributed by atoms with E-state index in [4.69, 9.17) is 4.74 Å². The fraction of sp³-hybridized carbons (Fsp3) is 0.579. The smallest absolute Gasteiger partial charge is 0.316 e. The van der Waals surface area contributed by atoms with Crippen LogP contribution >= 0.6 is 0 Å². The van der Waals surface area contributed by atoms with Gasteiger partial charge in [-0.05, 0) is 31.5 Å². The molecule has 0 spiro atoms. The van der Waals surface area contributed by atoms with Crippen LogP contribution < -0.4 is 10.3 Å². The SMILES string of the molecule is COc1nccc(CN2CCCC2Cn2nc(C(C)(C)C)ccc2=O)n1. The molecule has 0 N–H and O–H groups in total. The Labute approximate surface area is 154 Å². The number of nitrogens with zero attached hydrogens (tertiary/aromatic N) is 5. The molecular formula is C19H27N5O2. The zero-order chi connectivity index (χ0) is 18.7. The molecule has 2 aromatic rings. The summed E-state index contributed by atoms with van der Waals surface area (Å²) >= 11 is 0. The van der Waals surface area contributed by atoms with Gasteiger partial charge in [-0.25, -0.2) is 9.67 Å². The van der Waals surface area contributed by atoms with Crippen molar-refractivity contribution in [2.24, 2.45) is 0 Å². The van der Waals surface area contributed by atoms with Crippen molar-refractivity contribution in [2.45, 2.75) is 58.2 Å². The predicted octanol–water partition coefficient (Wildman–Crippen LogP) is 2.00. The molecule has 0 amide bonds. The van der Waals surface area contributed by atoms with E-state index in [0.29, 0.717) is 12.6 Å². The van der Waals surface area contributed by atoms with Gasteiger partial charge in [0, 0.05) is 30.3 Å². The van der Waals surface area contributed by atoms with Crippen LogP contribution in [-0.2, 0) is 18.5 Å². The summed E-state index contributed by atoms with van der Waals surface area (Å²) in [6.07, 6.45) is 3.88. The van der Waals surface area contributed by atoms with Crippen LogP contribution in [0.2, 0.25) is 0 Å². The molecule has 1 atom stereocenters. The van der Waals surface area contributed by atoms with Crippen LogP contribution in [0.1, 0.15) is 45.0 Å². The Morgan fingerprint density at radius 2 is 2.08 bits per heavy atom. The molecule has 3 heterocycles. The van der Waals surface area contributed by atoms with E-state index in [1.54, 1.807) is 24.1 Å². The lowest BCUT2D eigenvalue weighted by molar-refractivity contribution is 0.212. The van der Waals surface area contributed by atoms with Gasteiger partial charge in [-0.15, -0.1) is 0 Å². The van der Waals surface area contributed by atoms with E-state index in [0.717, 1.165) is 37.3 Å². The number of ether oxygens (including phenoxy) is 1. The molecule has 0 saturated carbocycles. The van der Waals surface area contributed by atoms with E-state index >= 15 is 0 Å². The van der Waals surface area contributed by atoms with Crippen molar-refractivity contribution in [3.8, 4) is 6.01 Å². The van der Waals surface area contributed by atoms with E-state index in [2.05, 4.69) is 40.7 Å². The summed E-state index contributed by atoms with van der Waals surface area (Å²) in [4.78, 5) is 23.1. The van der Waals surface area contributed by atoms with Gasteiger partial charge in [-0.3, -0.25) is 9.69 Å². The molecular weight excluding hydrogens is 330 g/mol. The minimum Gasteiger partial charge on any atom is -0.467 e. The second-order valence-corrected chi connectivity index (χ2v) is 7.79. The molecule has 1 saturated heterocycles. The van der Waals surface area contributed by atoms with Gasteiger partial charge in [0.1, 0.15) is 0 Å². The third-order valence-corrected chi connectivity index (χ3v) is 4.76. The largest absolute Gasteiger partial charge is 0.467 e. The summed E-state index contributed by atoms with van der Waals surface area (Å²) in [6, 6.07) is 6.02. The molecule has 1 unspecified atom stereocenters. The fourth-order valence-corrected chi connectivity index (χ4v) is 3.26. The van der Waals surface area contributed by atoms with Gasteiger partial charge in [0.2, 0.25) is 0 Å². The molecule has 2 aromatic heterocycles. The minimum absolute atomic E-state index is 0.0476. The van der Waals surface area contributed by atoms with Gasteiger partial charge >= 0.3 is 6.01 Å². The molecule has 0 aliphatic carbocycles. The van der Waals surface area contributed by atoms with E-state index in [-0.39, 0.29) is 17.0 Å². The summed E-state index contributed by atoms with van der Waals surface area (Å²) in [7, 11) is 1.57. The van der Waals surface area contributed by atoms with Crippen molar-refractivity contribution >= 4 is 0 Å². The predicted molar refractivity (Wildman–Crippen MR) is 99.2 cm³/mol. The van der Waals surface area contributed by atoms with Crippen LogP contribution in [-0.4, -0.2) is 44.3 Å². The molecule has 140 valence electrons. The van der Waals surface area contributed by atoms with Crippen LogP contribution in [0.3, 0.4) is 0 Å². The molecule has 3 rings (SSSR count). The number of likely N-dealkylation sites (tertiary alicyclic amines) is 1. The Kier molecular flexibility index (Phi) is 5.36. The van der Waals surface area contributed by atoms with E-state index in [1.807, 2.05) is 12.1 Å². The van der Waals surface area contributed by atoms with Crippen LogP contribution in [0, 0.1) is 0 Å². The van der Waals surface area contributed by atoms with Crippen molar-refractivity contribution in [3.05, 3.63) is 46.1 Å². The summed E-state index contributed by atoms with van der Waals surface area (Å²) in [5, 5.41) is 4.61. The van der Waals surface area contributed by atoms with E-state index in [9.17, 15) is 4.79 Å². The van der Waals surface area contributed by atoms with Gasteiger partial charge in [-0.2, -0.15) is 10.1 Å². The normalized spacial score (nSPS) is 18.2. The van der Waals surface area contributed by atoms with Crippen molar-refractivity contribution in [2.75, 3.05) is 13.7 Å². The molecule has 26 heavy (non-hydrogen) atoms. The van der Waals surface area contributed by atoms with Gasteiger partial charge in [0.15, 0.2) is 0 Å². The molecule has 1 aliphatic rings. The molecule has 0 radical (unpaired) electrons. The highest BCUT2D eigenvalue weighted by Gasteiger charge is 2.26. The highest BCUT2D eigenvalue weighted by atomic mass is 16.5. The lowest BCUT2D eigenvalue weighted by Gasteiger charge is -2.25. The Bertz CT molecular complexity index is 812. The van der Waals surface area contributed by atoms with Crippen molar-refractivity contribution < 1.29 is 4.74 Å². The maximum atomic E-state index is 12.3. The van der Waals surface area contributed by atoms with E-state index < -0.39 is 0 Å². The van der Waals surface area contributed by atoms with Gasteiger partial charge in [0.05, 0.1) is 25.0 Å². The maximum Gasteiger partial charge on any atom is 0.316 e. The Hall–Kier alpha value is -2.28. The lowest BCUT2D eigenvalue weighted by Crippen LogP contribution is -2.37. The minimum atomic E-state index is -0.0810. The van der Waals surface area contributed by atoms with Gasteiger partial charge in [-0.1, -0.05) is 20.8 Å². The molecule has 0 bridgehead atoms. The maximum absolute atomic E-state index is 12.3. The first kappa shape index (κ1) is 18.5. The standard InChI is InChI=1S/C19H27N5O2/c1-19(2,3)16-7-8-17(25)24(22-16)13-15-6-5-11-23(15)12-14-9-10-20-18(21-14)26-4/h7-10,15H,5-6,11-13H2,1-4H3. The van der Waals surface area contributed by atoms with Crippen LogP contribution in [0.15, 0.2) is 29.2 Å². The van der Waals surface area contributed by atoms with Crippen LogP contribution in [0.4, 0.5) is 0 Å². The Morgan fingerprint density at radius 1 is 1.27 bits per heavy atom. The monoisotopic (exact) mass is 357 g/mol. The second kappa shape index (κ2) is 7.53. The van der Waals surface area contributed by atoms with Crippen LogP contribution in [0.5, 0.6) is 6.01 Å². The van der Waals surface area contributed by atoms with Crippen molar-refractivity contribution in [3.63, 3.8) is 0 Å². The second-order valence-electron chi connectivity index (χ2n) is 7.79. The van der Waals surface area contributed by atoms with Crippen molar-refractivity contribution in [1.82, 2.24) is 24.6 Å². The lowest BCUT2D eigenvalue weighted by atomic mass is 9.92. The van der Waals surface area contributed by atoms with Gasteiger partial charge < -0.3 is 4.74 Å². The highest BCUT2D eigenvalue weighted by molar-refractivity contribution is 5.11. The fourth-order valence-electron chi connectivity index (χ4n) is 3.26. The summed E-state index contributed by atoms with van der Waals surface area (Å²) in [6.45, 7) is 8.63. The molecule has 1 aliphatic heterocycles. The first-order valence-corrected chi connectivity index (χ1v) is 9.05. The number of aromatic nitrogens is 4. The number of hydrogen-bond donors (Lipinski definition) is 0. The Morgan fingerprint density at radius 3 is 2.81 bits per heavy atom. The average molecular weight is 357 g/mol. The van der Waals surface area contributed by atoms with E-state index in [1.165, 1.54) is 0 Å². The highest BCUT2D eigenvalue weighted by Crippen LogP contribution is 2.22. The molecule has 1 fully saturated rings. The first-order valence-electron chi connectivity index (χ1n) is 9.05. The van der Waals surface area contributed by atoms with Crippen LogP contribution in [0.25, 0.3) is 0 Å².